The number of aryl methyl sites for hydroxylation is 1. The molecule has 0 amide bonds. The van der Waals surface area contributed by atoms with Gasteiger partial charge in [-0.15, -0.1) is 0 Å². The monoisotopic (exact) mass is 316 g/mol. The summed E-state index contributed by atoms with van der Waals surface area (Å²) in [6.07, 6.45) is 3.97. The van der Waals surface area contributed by atoms with Crippen LogP contribution in [0.1, 0.15) is 13.8 Å². The number of aromatic nitrogens is 5. The van der Waals surface area contributed by atoms with Crippen molar-refractivity contribution < 1.29 is 8.78 Å². The molecule has 0 fully saturated rings. The van der Waals surface area contributed by atoms with Gasteiger partial charge >= 0.3 is 0 Å². The molecular formula is C15H14F2N6. The van der Waals surface area contributed by atoms with Crippen LogP contribution < -0.4 is 10.7 Å². The molecule has 23 heavy (non-hydrogen) atoms. The van der Waals surface area contributed by atoms with E-state index in [9.17, 15) is 8.78 Å². The Hall–Kier alpha value is -2.90. The van der Waals surface area contributed by atoms with Crippen LogP contribution in [-0.4, -0.2) is 30.8 Å². The fourth-order valence-electron chi connectivity index (χ4n) is 2.47. The first kappa shape index (κ1) is 15.0. The van der Waals surface area contributed by atoms with Crippen LogP contribution in [0, 0.1) is 5.82 Å². The molecule has 3 aromatic rings. The fraction of sp³-hybridized carbons (Fsp3) is 0.200. The van der Waals surface area contributed by atoms with Crippen LogP contribution in [0.5, 0.6) is 0 Å². The average Bonchev–Trinajstić information content (AvgIpc) is 3.12. The standard InChI is InChI=1S/C15H14F2N6/c1-8(16)13-11(9(2)18-3)21-7-23(13)15-12-14(10(17)5-19-15)22(4)6-20-12/h5-7H,3H2,1-2,4H3/b11-9+,13-8-. The molecule has 118 valence electrons. The molecule has 3 rings (SSSR count). The van der Waals surface area contributed by atoms with Gasteiger partial charge in [0.05, 0.1) is 18.2 Å². The first-order valence-corrected chi connectivity index (χ1v) is 6.79. The summed E-state index contributed by atoms with van der Waals surface area (Å²) in [6.45, 7) is 6.43. The van der Waals surface area contributed by atoms with Gasteiger partial charge in [-0.25, -0.2) is 23.7 Å². The lowest BCUT2D eigenvalue weighted by molar-refractivity contribution is 0.625. The van der Waals surface area contributed by atoms with E-state index in [1.54, 1.807) is 18.5 Å². The molecule has 0 aliphatic heterocycles. The molecule has 3 aromatic heterocycles. The van der Waals surface area contributed by atoms with E-state index in [4.69, 9.17) is 0 Å². The highest BCUT2D eigenvalue weighted by Crippen LogP contribution is 2.20. The lowest BCUT2D eigenvalue weighted by Gasteiger charge is -2.05. The Kier molecular flexibility index (Phi) is 3.51. The third-order valence-corrected chi connectivity index (χ3v) is 3.58. The lowest BCUT2D eigenvalue weighted by Crippen LogP contribution is -2.32. The number of halogens is 2. The summed E-state index contributed by atoms with van der Waals surface area (Å²) >= 11 is 0. The van der Waals surface area contributed by atoms with Gasteiger partial charge in [0.1, 0.15) is 33.9 Å². The maximum atomic E-state index is 14.1. The summed E-state index contributed by atoms with van der Waals surface area (Å²) in [6, 6.07) is 0. The second-order valence-electron chi connectivity index (χ2n) is 5.07. The Labute approximate surface area is 130 Å². The van der Waals surface area contributed by atoms with E-state index < -0.39 is 11.6 Å². The second-order valence-corrected chi connectivity index (χ2v) is 5.07. The first-order valence-electron chi connectivity index (χ1n) is 6.79. The smallest absolute Gasteiger partial charge is 0.167 e. The molecule has 0 atom stereocenters. The number of fused-ring (bicyclic) bond motifs is 1. The van der Waals surface area contributed by atoms with Gasteiger partial charge in [0, 0.05) is 7.05 Å². The molecular weight excluding hydrogens is 302 g/mol. The van der Waals surface area contributed by atoms with Gasteiger partial charge in [-0.2, -0.15) is 0 Å². The lowest BCUT2D eigenvalue weighted by atomic mass is 10.3. The van der Waals surface area contributed by atoms with E-state index in [1.165, 1.54) is 24.1 Å². The third kappa shape index (κ3) is 2.23. The van der Waals surface area contributed by atoms with Crippen LogP contribution in [-0.2, 0) is 7.05 Å². The van der Waals surface area contributed by atoms with Gasteiger partial charge < -0.3 is 4.57 Å². The summed E-state index contributed by atoms with van der Waals surface area (Å²) in [5, 5.41) is 0.552. The van der Waals surface area contributed by atoms with Crippen LogP contribution in [0.2, 0.25) is 0 Å². The number of hydrogen-bond acceptors (Lipinski definition) is 4. The molecule has 8 heteroatoms. The Bertz CT molecular complexity index is 1040. The van der Waals surface area contributed by atoms with Gasteiger partial charge in [0.2, 0.25) is 0 Å². The molecule has 0 saturated carbocycles. The van der Waals surface area contributed by atoms with Gasteiger partial charge in [-0.05, 0) is 20.6 Å². The molecule has 0 aliphatic rings. The molecule has 0 N–H and O–H groups in total. The Morgan fingerprint density at radius 3 is 2.61 bits per heavy atom. The van der Waals surface area contributed by atoms with E-state index in [-0.39, 0.29) is 10.9 Å². The van der Waals surface area contributed by atoms with Crippen molar-refractivity contribution in [2.24, 2.45) is 12.0 Å². The zero-order valence-corrected chi connectivity index (χ0v) is 12.9. The van der Waals surface area contributed by atoms with Crippen molar-refractivity contribution in [2.75, 3.05) is 0 Å². The average molecular weight is 316 g/mol. The van der Waals surface area contributed by atoms with Crippen molar-refractivity contribution in [1.29, 1.82) is 0 Å². The molecule has 0 spiro atoms. The zero-order valence-electron chi connectivity index (χ0n) is 12.9. The highest BCUT2D eigenvalue weighted by atomic mass is 19.1. The largest absolute Gasteiger partial charge is 0.331 e. The Morgan fingerprint density at radius 1 is 1.22 bits per heavy atom. The van der Waals surface area contributed by atoms with Crippen LogP contribution in [0.15, 0.2) is 23.8 Å². The summed E-state index contributed by atoms with van der Waals surface area (Å²) < 4.78 is 31.1. The molecule has 3 heterocycles. The maximum Gasteiger partial charge on any atom is 0.167 e. The van der Waals surface area contributed by atoms with E-state index in [0.717, 1.165) is 6.20 Å². The Morgan fingerprint density at radius 2 is 1.96 bits per heavy atom. The first-order chi connectivity index (χ1) is 11.0. The number of nitrogens with zero attached hydrogens (tertiary/aromatic N) is 6. The van der Waals surface area contributed by atoms with Gasteiger partial charge in [0.25, 0.3) is 0 Å². The van der Waals surface area contributed by atoms with Crippen molar-refractivity contribution in [3.8, 4) is 5.82 Å². The van der Waals surface area contributed by atoms with Crippen molar-refractivity contribution in [1.82, 2.24) is 24.1 Å². The van der Waals surface area contributed by atoms with Crippen LogP contribution in [0.25, 0.3) is 28.4 Å². The molecule has 0 saturated heterocycles. The summed E-state index contributed by atoms with van der Waals surface area (Å²) in [5.41, 5.74) is 1.09. The molecule has 0 unspecified atom stereocenters. The van der Waals surface area contributed by atoms with Crippen molar-refractivity contribution in [2.45, 2.75) is 13.8 Å². The quantitative estimate of drug-likeness (QED) is 0.668. The van der Waals surface area contributed by atoms with Crippen molar-refractivity contribution in [3.63, 3.8) is 0 Å². The summed E-state index contributed by atoms with van der Waals surface area (Å²) in [4.78, 5) is 16.2. The van der Waals surface area contributed by atoms with Crippen LogP contribution in [0.3, 0.4) is 0 Å². The highest BCUT2D eigenvalue weighted by molar-refractivity contribution is 5.82. The Balaban J connectivity index is 2.48. The molecule has 0 aliphatic carbocycles. The van der Waals surface area contributed by atoms with E-state index in [1.807, 2.05) is 0 Å². The van der Waals surface area contributed by atoms with Gasteiger partial charge in [-0.3, -0.25) is 9.56 Å². The molecule has 0 radical (unpaired) electrons. The number of pyridine rings is 1. The predicted octanol–water partition coefficient (Wildman–Crippen LogP) is 1.22. The fourth-order valence-corrected chi connectivity index (χ4v) is 2.47. The van der Waals surface area contributed by atoms with Gasteiger partial charge in [0.15, 0.2) is 11.6 Å². The number of aliphatic imine (C=N–C) groups is 1. The van der Waals surface area contributed by atoms with Gasteiger partial charge in [-0.1, -0.05) is 0 Å². The summed E-state index contributed by atoms with van der Waals surface area (Å²) in [5.74, 6) is -0.664. The minimum Gasteiger partial charge on any atom is -0.331 e. The number of hydrogen-bond donors (Lipinski definition) is 0. The highest BCUT2D eigenvalue weighted by Gasteiger charge is 2.16. The second kappa shape index (κ2) is 5.38. The third-order valence-electron chi connectivity index (χ3n) is 3.58. The minimum atomic E-state index is -0.498. The zero-order chi connectivity index (χ0) is 16.7. The van der Waals surface area contributed by atoms with Crippen LogP contribution in [0.4, 0.5) is 8.78 Å². The number of imidazole rings is 2. The molecule has 0 bridgehead atoms. The van der Waals surface area contributed by atoms with E-state index in [2.05, 4.69) is 26.7 Å². The minimum absolute atomic E-state index is 0.195. The number of rotatable bonds is 2. The van der Waals surface area contributed by atoms with Crippen LogP contribution >= 0.6 is 0 Å². The molecule has 0 aromatic carbocycles. The summed E-state index contributed by atoms with van der Waals surface area (Å²) in [7, 11) is 1.68. The van der Waals surface area contributed by atoms with Crippen molar-refractivity contribution in [3.05, 3.63) is 35.4 Å². The molecule has 6 nitrogen and oxygen atoms in total. The maximum absolute atomic E-state index is 14.1. The van der Waals surface area contributed by atoms with E-state index >= 15 is 0 Å². The SMILES string of the molecule is C=N/C(C)=c1/ncn(-c2ncc(F)c3c2ncn3C)/c1=C(/C)F. The normalized spacial score (nSPS) is 14.1. The van der Waals surface area contributed by atoms with E-state index in [0.29, 0.717) is 22.4 Å². The van der Waals surface area contributed by atoms with Crippen molar-refractivity contribution >= 4 is 29.3 Å². The topological polar surface area (TPSA) is 60.9 Å². The predicted molar refractivity (Wildman–Crippen MR) is 83.7 cm³/mol.